The topological polar surface area (TPSA) is 67.2 Å². The molecule has 1 N–H and O–H groups in total. The highest BCUT2D eigenvalue weighted by Crippen LogP contribution is 2.37. The van der Waals surface area contributed by atoms with Crippen molar-refractivity contribution in [2.24, 2.45) is 0 Å². The summed E-state index contributed by atoms with van der Waals surface area (Å²) in [5.74, 6) is 0.599. The molecule has 0 saturated carbocycles. The Morgan fingerprint density at radius 1 is 0.941 bits per heavy atom. The summed E-state index contributed by atoms with van der Waals surface area (Å²) in [6, 6.07) is 25.0. The number of carbonyl (C=O) groups is 2. The number of hydrogen-bond donors (Lipinski definition) is 1. The second-order valence-electron chi connectivity index (χ2n) is 8.94. The molecule has 0 radical (unpaired) electrons. The highest BCUT2D eigenvalue weighted by atomic mass is 16.2. The Morgan fingerprint density at radius 3 is 2.41 bits per heavy atom. The molecule has 0 saturated heterocycles. The monoisotopic (exact) mass is 452 g/mol. The SMILES string of the molecule is Cc1ccc(CNC(=O)CC2C(=O)N(Cc3ccccc3)C(C)c3nc4ccccc4n32)cc1. The van der Waals surface area contributed by atoms with E-state index in [1.54, 1.807) is 0 Å². The van der Waals surface area contributed by atoms with Gasteiger partial charge in [0.2, 0.25) is 11.8 Å². The van der Waals surface area contributed by atoms with E-state index in [0.717, 1.165) is 28.0 Å². The predicted octanol–water partition coefficient (Wildman–Crippen LogP) is 4.70. The van der Waals surface area contributed by atoms with E-state index in [4.69, 9.17) is 4.98 Å². The van der Waals surface area contributed by atoms with E-state index < -0.39 is 6.04 Å². The molecule has 1 aliphatic rings. The van der Waals surface area contributed by atoms with Crippen molar-refractivity contribution in [3.8, 4) is 0 Å². The first-order chi connectivity index (χ1) is 16.5. The van der Waals surface area contributed by atoms with Gasteiger partial charge in [0.1, 0.15) is 11.9 Å². The van der Waals surface area contributed by atoms with Gasteiger partial charge in [-0.1, -0.05) is 72.3 Å². The van der Waals surface area contributed by atoms with Crippen molar-refractivity contribution in [1.82, 2.24) is 19.8 Å². The lowest BCUT2D eigenvalue weighted by Crippen LogP contribution is -2.46. The van der Waals surface area contributed by atoms with Gasteiger partial charge in [0.05, 0.1) is 23.5 Å². The number of aryl methyl sites for hydroxylation is 1. The van der Waals surface area contributed by atoms with Gasteiger partial charge in [-0.15, -0.1) is 0 Å². The number of nitrogens with zero attached hydrogens (tertiary/aromatic N) is 3. The van der Waals surface area contributed by atoms with Crippen molar-refractivity contribution in [2.75, 3.05) is 0 Å². The first-order valence-corrected chi connectivity index (χ1v) is 11.6. The molecule has 6 nitrogen and oxygen atoms in total. The highest BCUT2D eigenvalue weighted by Gasteiger charge is 2.40. The van der Waals surface area contributed by atoms with Crippen LogP contribution in [0, 0.1) is 6.92 Å². The zero-order valence-corrected chi connectivity index (χ0v) is 19.4. The lowest BCUT2D eigenvalue weighted by molar-refractivity contribution is -0.142. The standard InChI is InChI=1S/C28H28N4O2/c1-19-12-14-21(15-13-19)17-29-26(33)16-25-28(34)31(18-22-8-4-3-5-9-22)20(2)27-30-23-10-6-7-11-24(23)32(25)27/h3-15,20,25H,16-18H2,1-2H3,(H,29,33). The minimum Gasteiger partial charge on any atom is -0.352 e. The summed E-state index contributed by atoms with van der Waals surface area (Å²) >= 11 is 0. The fourth-order valence-corrected chi connectivity index (χ4v) is 4.65. The average molecular weight is 453 g/mol. The van der Waals surface area contributed by atoms with Crippen LogP contribution in [0.3, 0.4) is 0 Å². The van der Waals surface area contributed by atoms with Gasteiger partial charge in [-0.25, -0.2) is 4.98 Å². The van der Waals surface area contributed by atoms with Crippen molar-refractivity contribution in [1.29, 1.82) is 0 Å². The maximum atomic E-state index is 13.8. The van der Waals surface area contributed by atoms with Crippen LogP contribution >= 0.6 is 0 Å². The van der Waals surface area contributed by atoms with E-state index in [1.807, 2.05) is 102 Å². The summed E-state index contributed by atoms with van der Waals surface area (Å²) in [5, 5.41) is 2.99. The Bertz CT molecular complexity index is 1330. The van der Waals surface area contributed by atoms with E-state index >= 15 is 0 Å². The molecule has 5 rings (SSSR count). The second kappa shape index (κ2) is 9.14. The van der Waals surface area contributed by atoms with Crippen LogP contribution in [0.4, 0.5) is 0 Å². The van der Waals surface area contributed by atoms with Gasteiger partial charge in [-0.05, 0) is 37.1 Å². The lowest BCUT2D eigenvalue weighted by atomic mass is 10.0. The second-order valence-corrected chi connectivity index (χ2v) is 8.94. The molecule has 4 aromatic rings. The van der Waals surface area contributed by atoms with Crippen LogP contribution < -0.4 is 5.32 Å². The minimum atomic E-state index is -0.639. The molecule has 0 bridgehead atoms. The number of rotatable bonds is 6. The Kier molecular flexibility index (Phi) is 5.88. The van der Waals surface area contributed by atoms with Crippen LogP contribution in [0.5, 0.6) is 0 Å². The molecule has 2 amide bonds. The zero-order chi connectivity index (χ0) is 23.7. The number of carbonyl (C=O) groups excluding carboxylic acids is 2. The third kappa shape index (κ3) is 4.19. The first-order valence-electron chi connectivity index (χ1n) is 11.6. The smallest absolute Gasteiger partial charge is 0.247 e. The van der Waals surface area contributed by atoms with Crippen LogP contribution in [0.15, 0.2) is 78.9 Å². The third-order valence-electron chi connectivity index (χ3n) is 6.53. The molecule has 34 heavy (non-hydrogen) atoms. The van der Waals surface area contributed by atoms with Gasteiger partial charge in [-0.2, -0.15) is 0 Å². The number of fused-ring (bicyclic) bond motifs is 3. The Hall–Kier alpha value is -3.93. The molecular weight excluding hydrogens is 424 g/mol. The van der Waals surface area contributed by atoms with E-state index in [-0.39, 0.29) is 24.3 Å². The molecule has 2 heterocycles. The van der Waals surface area contributed by atoms with Crippen molar-refractivity contribution < 1.29 is 9.59 Å². The summed E-state index contributed by atoms with van der Waals surface area (Å²) in [5.41, 5.74) is 4.98. The first kappa shape index (κ1) is 21.9. The normalized spacial score (nSPS) is 17.6. The molecule has 3 aromatic carbocycles. The summed E-state index contributed by atoms with van der Waals surface area (Å²) in [4.78, 5) is 33.5. The molecule has 0 aliphatic carbocycles. The molecular formula is C28H28N4O2. The molecule has 2 unspecified atom stereocenters. The quantitative estimate of drug-likeness (QED) is 0.461. The van der Waals surface area contributed by atoms with Gasteiger partial charge in [0.15, 0.2) is 0 Å². The third-order valence-corrected chi connectivity index (χ3v) is 6.53. The minimum absolute atomic E-state index is 0.0579. The molecule has 2 atom stereocenters. The maximum absolute atomic E-state index is 13.8. The van der Waals surface area contributed by atoms with E-state index in [9.17, 15) is 9.59 Å². The van der Waals surface area contributed by atoms with Gasteiger partial charge in [0, 0.05) is 13.1 Å². The van der Waals surface area contributed by atoms with Gasteiger partial charge in [-0.3, -0.25) is 9.59 Å². The van der Waals surface area contributed by atoms with Crippen LogP contribution in [0.1, 0.15) is 47.9 Å². The summed E-state index contributed by atoms with van der Waals surface area (Å²) in [6.07, 6.45) is 0.0655. The molecule has 0 spiro atoms. The van der Waals surface area contributed by atoms with Crippen LogP contribution in [-0.4, -0.2) is 26.3 Å². The summed E-state index contributed by atoms with van der Waals surface area (Å²) in [6.45, 7) is 4.95. The van der Waals surface area contributed by atoms with Crippen molar-refractivity contribution in [3.63, 3.8) is 0 Å². The summed E-state index contributed by atoms with van der Waals surface area (Å²) in [7, 11) is 0. The number of benzene rings is 3. The fraction of sp³-hybridized carbons (Fsp3) is 0.250. The van der Waals surface area contributed by atoms with Gasteiger partial charge in [0.25, 0.3) is 0 Å². The van der Waals surface area contributed by atoms with E-state index in [2.05, 4.69) is 5.32 Å². The lowest BCUT2D eigenvalue weighted by Gasteiger charge is -2.38. The van der Waals surface area contributed by atoms with Crippen LogP contribution in [-0.2, 0) is 22.7 Å². The highest BCUT2D eigenvalue weighted by molar-refractivity contribution is 5.90. The molecule has 1 aliphatic heterocycles. The number of aromatic nitrogens is 2. The van der Waals surface area contributed by atoms with Crippen molar-refractivity contribution in [2.45, 2.75) is 45.4 Å². The Morgan fingerprint density at radius 2 is 1.65 bits per heavy atom. The largest absolute Gasteiger partial charge is 0.352 e. The molecule has 0 fully saturated rings. The average Bonchev–Trinajstić information content (AvgIpc) is 3.24. The number of para-hydroxylation sites is 2. The van der Waals surface area contributed by atoms with Crippen LogP contribution in [0.25, 0.3) is 11.0 Å². The Labute approximate surface area is 199 Å². The van der Waals surface area contributed by atoms with Crippen molar-refractivity contribution in [3.05, 3.63) is 101 Å². The van der Waals surface area contributed by atoms with E-state index in [0.29, 0.717) is 13.1 Å². The number of imidazole rings is 1. The Balaban J connectivity index is 1.44. The van der Waals surface area contributed by atoms with Crippen LogP contribution in [0.2, 0.25) is 0 Å². The summed E-state index contributed by atoms with van der Waals surface area (Å²) < 4.78 is 1.97. The number of hydrogen-bond acceptors (Lipinski definition) is 3. The molecule has 6 heteroatoms. The maximum Gasteiger partial charge on any atom is 0.247 e. The molecule has 172 valence electrons. The van der Waals surface area contributed by atoms with Crippen molar-refractivity contribution >= 4 is 22.8 Å². The number of nitrogens with one attached hydrogen (secondary N) is 1. The van der Waals surface area contributed by atoms with Gasteiger partial charge < -0.3 is 14.8 Å². The number of amides is 2. The predicted molar refractivity (Wildman–Crippen MR) is 132 cm³/mol. The molecule has 1 aromatic heterocycles. The van der Waals surface area contributed by atoms with Gasteiger partial charge >= 0.3 is 0 Å². The fourth-order valence-electron chi connectivity index (χ4n) is 4.65. The van der Waals surface area contributed by atoms with E-state index in [1.165, 1.54) is 5.56 Å². The zero-order valence-electron chi connectivity index (χ0n) is 19.4.